The first-order chi connectivity index (χ1) is 11.3. The average molecular weight is 316 g/mol. The summed E-state index contributed by atoms with van der Waals surface area (Å²) in [6.07, 6.45) is 8.26. The van der Waals surface area contributed by atoms with Crippen LogP contribution in [0.5, 0.6) is 0 Å². The highest BCUT2D eigenvalue weighted by Gasteiger charge is 2.22. The van der Waals surface area contributed by atoms with Gasteiger partial charge in [-0.05, 0) is 24.4 Å². The number of hydrogen-bond donors (Lipinski definition) is 1. The normalized spacial score (nSPS) is 25.3. The summed E-state index contributed by atoms with van der Waals surface area (Å²) >= 11 is 0. The molecule has 3 nitrogen and oxygen atoms in total. The van der Waals surface area contributed by atoms with Crippen molar-refractivity contribution in [2.24, 2.45) is 5.92 Å². The highest BCUT2D eigenvalue weighted by atomic mass is 16.3. The molecule has 1 N–H and O–H groups in total. The molecule has 1 heterocycles. The van der Waals surface area contributed by atoms with Crippen LogP contribution >= 0.6 is 0 Å². The van der Waals surface area contributed by atoms with Crippen LogP contribution in [0.25, 0.3) is 0 Å². The second-order valence-electron chi connectivity index (χ2n) is 7.47. The number of aliphatic hydroxyl groups is 1. The Morgan fingerprint density at radius 3 is 2.39 bits per heavy atom. The van der Waals surface area contributed by atoms with E-state index in [9.17, 15) is 5.11 Å². The summed E-state index contributed by atoms with van der Waals surface area (Å²) in [7, 11) is 0. The lowest BCUT2D eigenvalue weighted by Crippen LogP contribution is -2.34. The molecule has 2 aliphatic rings. The lowest BCUT2D eigenvalue weighted by atomic mass is 9.87. The van der Waals surface area contributed by atoms with Crippen molar-refractivity contribution in [3.05, 3.63) is 35.9 Å². The summed E-state index contributed by atoms with van der Waals surface area (Å²) in [5, 5.41) is 10.4. The van der Waals surface area contributed by atoms with Gasteiger partial charge in [0.15, 0.2) is 0 Å². The Hall–Kier alpha value is -0.900. The van der Waals surface area contributed by atoms with Gasteiger partial charge in [-0.15, -0.1) is 0 Å². The van der Waals surface area contributed by atoms with E-state index in [2.05, 4.69) is 40.1 Å². The second kappa shape index (κ2) is 8.81. The van der Waals surface area contributed by atoms with Crippen molar-refractivity contribution in [3.63, 3.8) is 0 Å². The smallest absolute Gasteiger partial charge is 0.0793 e. The summed E-state index contributed by atoms with van der Waals surface area (Å²) in [5.41, 5.74) is 1.34. The molecule has 0 unspecified atom stereocenters. The molecular weight excluding hydrogens is 284 g/mol. The first-order valence-corrected chi connectivity index (χ1v) is 9.46. The molecule has 1 aromatic rings. The van der Waals surface area contributed by atoms with E-state index in [0.29, 0.717) is 0 Å². The maximum Gasteiger partial charge on any atom is 0.0793 e. The molecule has 0 bridgehead atoms. The summed E-state index contributed by atoms with van der Waals surface area (Å²) in [5.74, 6) is 0.935. The Balaban J connectivity index is 1.45. The van der Waals surface area contributed by atoms with Gasteiger partial charge >= 0.3 is 0 Å². The van der Waals surface area contributed by atoms with Crippen molar-refractivity contribution in [1.82, 2.24) is 9.80 Å². The zero-order valence-corrected chi connectivity index (χ0v) is 14.4. The maximum atomic E-state index is 10.4. The van der Waals surface area contributed by atoms with Crippen LogP contribution in [0, 0.1) is 5.92 Å². The minimum absolute atomic E-state index is 0.215. The summed E-state index contributed by atoms with van der Waals surface area (Å²) in [6.45, 7) is 5.93. The van der Waals surface area contributed by atoms with Crippen molar-refractivity contribution >= 4 is 0 Å². The van der Waals surface area contributed by atoms with Crippen LogP contribution < -0.4 is 0 Å². The first kappa shape index (κ1) is 16.9. The van der Waals surface area contributed by atoms with E-state index >= 15 is 0 Å². The SMILES string of the molecule is O[C@@H]1CN(CCC2CCCCC2)CCN(Cc2ccccc2)C1. The van der Waals surface area contributed by atoms with E-state index < -0.39 is 0 Å². The lowest BCUT2D eigenvalue weighted by Gasteiger charge is -2.26. The fourth-order valence-corrected chi connectivity index (χ4v) is 4.15. The zero-order chi connectivity index (χ0) is 15.9. The largest absolute Gasteiger partial charge is 0.390 e. The zero-order valence-electron chi connectivity index (χ0n) is 14.4. The predicted molar refractivity (Wildman–Crippen MR) is 95.4 cm³/mol. The molecule has 1 aliphatic heterocycles. The van der Waals surface area contributed by atoms with Gasteiger partial charge in [0.2, 0.25) is 0 Å². The lowest BCUT2D eigenvalue weighted by molar-refractivity contribution is 0.105. The Morgan fingerprint density at radius 1 is 0.913 bits per heavy atom. The van der Waals surface area contributed by atoms with Crippen LogP contribution in [-0.2, 0) is 6.54 Å². The monoisotopic (exact) mass is 316 g/mol. The summed E-state index contributed by atoms with van der Waals surface area (Å²) in [6, 6.07) is 10.6. The van der Waals surface area contributed by atoms with Crippen LogP contribution in [0.4, 0.5) is 0 Å². The topological polar surface area (TPSA) is 26.7 Å². The highest BCUT2D eigenvalue weighted by molar-refractivity contribution is 5.14. The average Bonchev–Trinajstić information content (AvgIpc) is 2.76. The van der Waals surface area contributed by atoms with Gasteiger partial charge < -0.3 is 5.11 Å². The molecule has 3 heteroatoms. The summed E-state index contributed by atoms with van der Waals surface area (Å²) < 4.78 is 0. The van der Waals surface area contributed by atoms with Crippen LogP contribution in [0.2, 0.25) is 0 Å². The molecule has 1 atom stereocenters. The standard InChI is InChI=1S/C20H32N2O/c23-20-16-21(12-11-18-7-3-1-4-8-18)13-14-22(17-20)15-19-9-5-2-6-10-19/h2,5-6,9-10,18,20,23H,1,3-4,7-8,11-17H2/t20-/m1/s1. The fraction of sp³-hybridized carbons (Fsp3) is 0.700. The van der Waals surface area contributed by atoms with Gasteiger partial charge in [0.05, 0.1) is 6.10 Å². The third-order valence-corrected chi connectivity index (χ3v) is 5.50. The van der Waals surface area contributed by atoms with Gasteiger partial charge in [-0.1, -0.05) is 62.4 Å². The Kier molecular flexibility index (Phi) is 6.49. The Morgan fingerprint density at radius 2 is 1.61 bits per heavy atom. The van der Waals surface area contributed by atoms with Gasteiger partial charge in [0.25, 0.3) is 0 Å². The van der Waals surface area contributed by atoms with E-state index in [1.165, 1.54) is 50.6 Å². The fourth-order valence-electron chi connectivity index (χ4n) is 4.15. The number of aliphatic hydroxyl groups excluding tert-OH is 1. The second-order valence-corrected chi connectivity index (χ2v) is 7.47. The number of nitrogens with zero attached hydrogens (tertiary/aromatic N) is 2. The summed E-state index contributed by atoms with van der Waals surface area (Å²) in [4.78, 5) is 4.89. The minimum atomic E-state index is -0.215. The van der Waals surface area contributed by atoms with Gasteiger partial charge in [-0.3, -0.25) is 9.80 Å². The quantitative estimate of drug-likeness (QED) is 0.904. The molecule has 2 fully saturated rings. The molecule has 1 aliphatic carbocycles. The number of β-amino-alcohol motifs (C(OH)–C–C–N with tert-alkyl or cyclic N) is 1. The molecule has 128 valence electrons. The molecule has 1 saturated heterocycles. The molecule has 0 aromatic heterocycles. The van der Waals surface area contributed by atoms with E-state index in [1.54, 1.807) is 0 Å². The van der Waals surface area contributed by atoms with E-state index in [4.69, 9.17) is 0 Å². The van der Waals surface area contributed by atoms with Gasteiger partial charge in [-0.25, -0.2) is 0 Å². The van der Waals surface area contributed by atoms with E-state index in [1.807, 2.05) is 0 Å². The number of rotatable bonds is 5. The molecule has 1 saturated carbocycles. The maximum absolute atomic E-state index is 10.4. The molecule has 1 aromatic carbocycles. The van der Waals surface area contributed by atoms with Crippen LogP contribution in [0.1, 0.15) is 44.1 Å². The van der Waals surface area contributed by atoms with Gasteiger partial charge in [-0.2, -0.15) is 0 Å². The van der Waals surface area contributed by atoms with Crippen LogP contribution in [0.15, 0.2) is 30.3 Å². The van der Waals surface area contributed by atoms with Crippen molar-refractivity contribution in [2.45, 2.75) is 51.2 Å². The van der Waals surface area contributed by atoms with Crippen molar-refractivity contribution in [2.75, 3.05) is 32.7 Å². The minimum Gasteiger partial charge on any atom is -0.390 e. The first-order valence-electron chi connectivity index (χ1n) is 9.46. The van der Waals surface area contributed by atoms with Crippen LogP contribution in [-0.4, -0.2) is 53.7 Å². The van der Waals surface area contributed by atoms with Gasteiger partial charge in [0, 0.05) is 32.7 Å². The van der Waals surface area contributed by atoms with Crippen molar-refractivity contribution in [1.29, 1.82) is 0 Å². The molecule has 0 amide bonds. The van der Waals surface area contributed by atoms with E-state index in [-0.39, 0.29) is 6.10 Å². The number of benzene rings is 1. The Labute approximate surface area is 141 Å². The molecule has 23 heavy (non-hydrogen) atoms. The molecule has 0 radical (unpaired) electrons. The molecular formula is C20H32N2O. The third kappa shape index (κ3) is 5.59. The Bertz CT molecular complexity index is 444. The predicted octanol–water partition coefficient (Wildman–Crippen LogP) is 3.14. The highest BCUT2D eigenvalue weighted by Crippen LogP contribution is 2.26. The third-order valence-electron chi connectivity index (χ3n) is 5.50. The van der Waals surface area contributed by atoms with Crippen LogP contribution in [0.3, 0.4) is 0 Å². The number of hydrogen-bond acceptors (Lipinski definition) is 3. The van der Waals surface area contributed by atoms with Crippen molar-refractivity contribution in [3.8, 4) is 0 Å². The molecule has 3 rings (SSSR count). The molecule has 0 spiro atoms. The van der Waals surface area contributed by atoms with Crippen molar-refractivity contribution < 1.29 is 5.11 Å². The van der Waals surface area contributed by atoms with E-state index in [0.717, 1.165) is 38.6 Å². The van der Waals surface area contributed by atoms with Gasteiger partial charge in [0.1, 0.15) is 0 Å².